The molecule has 154 valence electrons. The van der Waals surface area contributed by atoms with Crippen molar-refractivity contribution in [2.24, 2.45) is 0 Å². The predicted octanol–water partition coefficient (Wildman–Crippen LogP) is 5.10. The summed E-state index contributed by atoms with van der Waals surface area (Å²) in [7, 11) is 0. The first-order chi connectivity index (χ1) is 14.0. The highest BCUT2D eigenvalue weighted by atomic mass is 32.2. The first-order valence-corrected chi connectivity index (χ1v) is 12.4. The van der Waals surface area contributed by atoms with Crippen molar-refractivity contribution in [1.29, 1.82) is 0 Å². The smallest absolute Gasteiger partial charge is 0.311 e. The molecule has 29 heavy (non-hydrogen) atoms. The number of carboxylic acids is 2. The fraction of sp³-hybridized carbons (Fsp3) is 0.391. The van der Waals surface area contributed by atoms with Crippen molar-refractivity contribution in [3.05, 3.63) is 58.7 Å². The lowest BCUT2D eigenvalue weighted by Crippen LogP contribution is -2.13. The van der Waals surface area contributed by atoms with Crippen molar-refractivity contribution in [3.8, 4) is 11.1 Å². The molecule has 6 heteroatoms. The molecule has 0 saturated heterocycles. The van der Waals surface area contributed by atoms with Gasteiger partial charge in [-0.2, -0.15) is 23.5 Å². The second-order valence-electron chi connectivity index (χ2n) is 7.35. The number of benzene rings is 2. The average molecular weight is 431 g/mol. The zero-order chi connectivity index (χ0) is 21.0. The Morgan fingerprint density at radius 2 is 1.24 bits per heavy atom. The van der Waals surface area contributed by atoms with Crippen LogP contribution in [-0.2, 0) is 16.0 Å². The number of hydrogen-bond donors (Lipinski definition) is 2. The molecule has 0 heterocycles. The SMILES string of the molecule is CSCCC(C(=O)O)c1ccc2c(c1)Cc1cc(C(CCSC)C(=O)O)ccc1-2. The molecule has 0 radical (unpaired) electrons. The molecule has 0 amide bonds. The first-order valence-electron chi connectivity index (χ1n) is 9.65. The summed E-state index contributed by atoms with van der Waals surface area (Å²) in [6.07, 6.45) is 5.92. The van der Waals surface area contributed by atoms with Gasteiger partial charge >= 0.3 is 11.9 Å². The monoisotopic (exact) mass is 430 g/mol. The minimum atomic E-state index is -0.783. The Kier molecular flexibility index (Phi) is 7.30. The third-order valence-electron chi connectivity index (χ3n) is 5.55. The first kappa shape index (κ1) is 21.8. The van der Waals surface area contributed by atoms with Crippen LogP contribution in [0.3, 0.4) is 0 Å². The van der Waals surface area contributed by atoms with Crippen LogP contribution < -0.4 is 0 Å². The van der Waals surface area contributed by atoms with Crippen molar-refractivity contribution in [2.45, 2.75) is 31.1 Å². The predicted molar refractivity (Wildman–Crippen MR) is 121 cm³/mol. The lowest BCUT2D eigenvalue weighted by atomic mass is 9.92. The number of fused-ring (bicyclic) bond motifs is 3. The molecule has 2 N–H and O–H groups in total. The molecule has 0 fully saturated rings. The Morgan fingerprint density at radius 1 is 0.828 bits per heavy atom. The summed E-state index contributed by atoms with van der Waals surface area (Å²) >= 11 is 3.31. The minimum Gasteiger partial charge on any atom is -0.481 e. The molecule has 2 aromatic carbocycles. The van der Waals surface area contributed by atoms with E-state index < -0.39 is 23.8 Å². The van der Waals surface area contributed by atoms with E-state index in [1.54, 1.807) is 23.5 Å². The maximum absolute atomic E-state index is 11.7. The summed E-state index contributed by atoms with van der Waals surface area (Å²) in [6.45, 7) is 0. The topological polar surface area (TPSA) is 74.6 Å². The van der Waals surface area contributed by atoms with Crippen LogP contribution in [0.5, 0.6) is 0 Å². The van der Waals surface area contributed by atoms with E-state index >= 15 is 0 Å². The summed E-state index contributed by atoms with van der Waals surface area (Å²) in [6, 6.07) is 12.0. The zero-order valence-electron chi connectivity index (χ0n) is 16.7. The van der Waals surface area contributed by atoms with Gasteiger partial charge in [-0.15, -0.1) is 0 Å². The van der Waals surface area contributed by atoms with E-state index in [1.165, 1.54) is 0 Å². The van der Waals surface area contributed by atoms with Crippen LogP contribution in [0.1, 0.15) is 46.9 Å². The van der Waals surface area contributed by atoms with Crippen LogP contribution in [0.4, 0.5) is 0 Å². The van der Waals surface area contributed by atoms with E-state index in [0.717, 1.165) is 51.3 Å². The summed E-state index contributed by atoms with van der Waals surface area (Å²) in [4.78, 5) is 23.5. The normalized spacial score (nSPS) is 14.1. The molecule has 2 aromatic rings. The number of carbonyl (C=O) groups is 2. The second-order valence-corrected chi connectivity index (χ2v) is 9.33. The van der Waals surface area contributed by atoms with Gasteiger partial charge in [0.2, 0.25) is 0 Å². The molecule has 1 aliphatic carbocycles. The molecule has 0 aromatic heterocycles. The second kappa shape index (κ2) is 9.72. The summed E-state index contributed by atoms with van der Waals surface area (Å²) in [5.74, 6) is -0.927. The highest BCUT2D eigenvalue weighted by Crippen LogP contribution is 2.40. The number of rotatable bonds is 10. The van der Waals surface area contributed by atoms with Gasteiger partial charge in [0.15, 0.2) is 0 Å². The van der Waals surface area contributed by atoms with Gasteiger partial charge in [-0.25, -0.2) is 0 Å². The Balaban J connectivity index is 1.88. The standard InChI is InChI=1S/C23H26O4S2/c1-28-9-7-20(22(24)25)14-3-5-18-16(11-14)13-17-12-15(4-6-19(17)18)21(23(26)27)8-10-29-2/h3-6,11-12,20-21H,7-10,13H2,1-2H3,(H,24,25)(H,26,27). The highest BCUT2D eigenvalue weighted by Gasteiger charge is 2.26. The van der Waals surface area contributed by atoms with Crippen LogP contribution in [-0.4, -0.2) is 46.2 Å². The van der Waals surface area contributed by atoms with Gasteiger partial charge in [0.05, 0.1) is 11.8 Å². The Morgan fingerprint density at radius 3 is 1.59 bits per heavy atom. The number of aliphatic carboxylic acids is 2. The van der Waals surface area contributed by atoms with Crippen LogP contribution in [0.15, 0.2) is 36.4 Å². The van der Waals surface area contributed by atoms with Crippen molar-refractivity contribution in [3.63, 3.8) is 0 Å². The van der Waals surface area contributed by atoms with E-state index in [1.807, 2.05) is 48.9 Å². The molecule has 2 atom stereocenters. The van der Waals surface area contributed by atoms with Crippen LogP contribution >= 0.6 is 23.5 Å². The molecule has 3 rings (SSSR count). The molecular weight excluding hydrogens is 404 g/mol. The molecule has 0 spiro atoms. The third-order valence-corrected chi connectivity index (χ3v) is 6.84. The van der Waals surface area contributed by atoms with Crippen molar-refractivity contribution in [2.75, 3.05) is 24.0 Å². The molecule has 2 unspecified atom stereocenters. The van der Waals surface area contributed by atoms with Gasteiger partial charge < -0.3 is 10.2 Å². The van der Waals surface area contributed by atoms with Gasteiger partial charge in [0.1, 0.15) is 0 Å². The van der Waals surface area contributed by atoms with Gasteiger partial charge in [0, 0.05) is 0 Å². The maximum atomic E-state index is 11.7. The lowest BCUT2D eigenvalue weighted by molar-refractivity contribution is -0.139. The summed E-state index contributed by atoms with van der Waals surface area (Å²) in [5.41, 5.74) is 6.20. The van der Waals surface area contributed by atoms with E-state index in [0.29, 0.717) is 12.8 Å². The molecule has 1 aliphatic rings. The van der Waals surface area contributed by atoms with Crippen LogP contribution in [0, 0.1) is 0 Å². The average Bonchev–Trinajstić information content (AvgIpc) is 3.05. The van der Waals surface area contributed by atoms with Crippen molar-refractivity contribution < 1.29 is 19.8 Å². The van der Waals surface area contributed by atoms with Crippen molar-refractivity contribution >= 4 is 35.5 Å². The quantitative estimate of drug-likeness (QED) is 0.466. The van der Waals surface area contributed by atoms with E-state index in [-0.39, 0.29) is 0 Å². The van der Waals surface area contributed by atoms with Crippen LogP contribution in [0.25, 0.3) is 11.1 Å². The Hall–Kier alpha value is -1.92. The molecule has 0 bridgehead atoms. The minimum absolute atomic E-state index is 0.491. The van der Waals surface area contributed by atoms with E-state index in [2.05, 4.69) is 0 Å². The van der Waals surface area contributed by atoms with E-state index in [9.17, 15) is 19.8 Å². The van der Waals surface area contributed by atoms with Gasteiger partial charge in [0.25, 0.3) is 0 Å². The molecular formula is C23H26O4S2. The Bertz CT molecular complexity index is 836. The largest absolute Gasteiger partial charge is 0.481 e. The highest BCUT2D eigenvalue weighted by molar-refractivity contribution is 7.98. The Labute approximate surface area is 180 Å². The number of carboxylic acid groups (broad SMARTS) is 2. The summed E-state index contributed by atoms with van der Waals surface area (Å²) in [5, 5.41) is 19.3. The molecule has 4 nitrogen and oxygen atoms in total. The summed E-state index contributed by atoms with van der Waals surface area (Å²) < 4.78 is 0. The van der Waals surface area contributed by atoms with Crippen molar-refractivity contribution in [1.82, 2.24) is 0 Å². The number of thioether (sulfide) groups is 2. The van der Waals surface area contributed by atoms with E-state index in [4.69, 9.17) is 0 Å². The van der Waals surface area contributed by atoms with Crippen LogP contribution in [0.2, 0.25) is 0 Å². The van der Waals surface area contributed by atoms with Gasteiger partial charge in [-0.1, -0.05) is 36.4 Å². The molecule has 0 saturated carbocycles. The number of hydrogen-bond acceptors (Lipinski definition) is 4. The zero-order valence-corrected chi connectivity index (χ0v) is 18.3. The third kappa shape index (κ3) is 4.81. The molecule has 0 aliphatic heterocycles. The fourth-order valence-electron chi connectivity index (χ4n) is 4.02. The van der Waals surface area contributed by atoms with Gasteiger partial charge in [-0.05, 0) is 76.7 Å². The maximum Gasteiger partial charge on any atom is 0.311 e. The lowest BCUT2D eigenvalue weighted by Gasteiger charge is -2.14. The fourth-order valence-corrected chi connectivity index (χ4v) is 4.96. The van der Waals surface area contributed by atoms with Gasteiger partial charge in [-0.3, -0.25) is 9.59 Å².